The maximum absolute atomic E-state index is 11.0. The minimum atomic E-state index is -1.05. The van der Waals surface area contributed by atoms with Crippen molar-refractivity contribution in [2.45, 2.75) is 6.92 Å². The number of rotatable bonds is 2. The lowest BCUT2D eigenvalue weighted by molar-refractivity contribution is 0.0689. The van der Waals surface area contributed by atoms with Gasteiger partial charge in [0.15, 0.2) is 5.69 Å². The van der Waals surface area contributed by atoms with Crippen molar-refractivity contribution in [3.8, 4) is 11.8 Å². The van der Waals surface area contributed by atoms with Crippen LogP contribution in [-0.4, -0.2) is 20.9 Å². The van der Waals surface area contributed by atoms with Gasteiger partial charge in [0.05, 0.1) is 26.6 Å². The smallest absolute Gasteiger partial charge is 0.357 e. The molecule has 6 heteroatoms. The van der Waals surface area contributed by atoms with E-state index in [4.69, 9.17) is 10.4 Å². The minimum absolute atomic E-state index is 0.0393. The Morgan fingerprint density at radius 3 is 2.50 bits per heavy atom. The summed E-state index contributed by atoms with van der Waals surface area (Å²) >= 11 is 1.97. The van der Waals surface area contributed by atoms with Gasteiger partial charge in [-0.15, -0.1) is 0 Å². The van der Waals surface area contributed by atoms with Gasteiger partial charge in [-0.3, -0.25) is 0 Å². The van der Waals surface area contributed by atoms with Gasteiger partial charge in [0.1, 0.15) is 0 Å². The van der Waals surface area contributed by atoms with Gasteiger partial charge in [-0.25, -0.2) is 9.48 Å². The second kappa shape index (κ2) is 4.78. The Bertz CT molecular complexity index is 653. The van der Waals surface area contributed by atoms with Crippen molar-refractivity contribution in [3.63, 3.8) is 0 Å². The fraction of sp³-hybridized carbons (Fsp3) is 0.0833. The van der Waals surface area contributed by atoms with E-state index >= 15 is 0 Å². The van der Waals surface area contributed by atoms with Crippen molar-refractivity contribution in [1.82, 2.24) is 9.78 Å². The summed E-state index contributed by atoms with van der Waals surface area (Å²) in [4.78, 5) is 11.0. The molecule has 0 bridgehead atoms. The number of carboxylic acid groups (broad SMARTS) is 1. The summed E-state index contributed by atoms with van der Waals surface area (Å²) in [6.45, 7) is 1.80. The molecule has 5 nitrogen and oxygen atoms in total. The second-order valence-corrected chi connectivity index (χ2v) is 4.70. The average Bonchev–Trinajstić information content (AvgIpc) is 2.67. The van der Waals surface area contributed by atoms with Crippen LogP contribution in [-0.2, 0) is 0 Å². The lowest BCUT2D eigenvalue weighted by Gasteiger charge is -2.03. The Kier molecular flexibility index (Phi) is 3.34. The molecule has 2 aromatic rings. The van der Waals surface area contributed by atoms with E-state index < -0.39 is 5.97 Å². The molecule has 0 unspecified atom stereocenters. The number of nitrogens with zero attached hydrogens (tertiary/aromatic N) is 3. The van der Waals surface area contributed by atoms with E-state index in [1.807, 2.05) is 28.7 Å². The Labute approximate surface area is 117 Å². The molecule has 0 aliphatic heterocycles. The van der Waals surface area contributed by atoms with E-state index in [0.29, 0.717) is 9.13 Å². The monoisotopic (exact) mass is 353 g/mol. The molecule has 0 fully saturated rings. The molecule has 1 aromatic heterocycles. The molecule has 1 aromatic carbocycles. The molecule has 0 aliphatic rings. The van der Waals surface area contributed by atoms with Crippen LogP contribution in [0.4, 0.5) is 0 Å². The van der Waals surface area contributed by atoms with Gasteiger partial charge >= 0.3 is 5.97 Å². The highest BCUT2D eigenvalue weighted by molar-refractivity contribution is 14.1. The molecule has 0 spiro atoms. The SMILES string of the molecule is Cc1c(I)c(C(=O)O)nn1-c1ccc(C#N)cc1. The van der Waals surface area contributed by atoms with Gasteiger partial charge in [0.25, 0.3) is 0 Å². The van der Waals surface area contributed by atoms with Crippen molar-refractivity contribution < 1.29 is 9.90 Å². The first-order valence-electron chi connectivity index (χ1n) is 5.03. The number of halogens is 1. The van der Waals surface area contributed by atoms with Crippen molar-refractivity contribution in [2.24, 2.45) is 0 Å². The summed E-state index contributed by atoms with van der Waals surface area (Å²) in [5, 5.41) is 21.8. The van der Waals surface area contributed by atoms with Crippen molar-refractivity contribution in [3.05, 3.63) is 44.8 Å². The summed E-state index contributed by atoms with van der Waals surface area (Å²) in [5.41, 5.74) is 2.09. The molecule has 2 rings (SSSR count). The molecule has 0 aliphatic carbocycles. The number of nitriles is 1. The van der Waals surface area contributed by atoms with Gasteiger partial charge in [-0.1, -0.05) is 0 Å². The number of benzene rings is 1. The van der Waals surface area contributed by atoms with Gasteiger partial charge in [-0.05, 0) is 53.8 Å². The zero-order chi connectivity index (χ0) is 13.3. The van der Waals surface area contributed by atoms with E-state index in [-0.39, 0.29) is 5.69 Å². The van der Waals surface area contributed by atoms with E-state index in [1.54, 1.807) is 35.9 Å². The van der Waals surface area contributed by atoms with Crippen LogP contribution in [0.2, 0.25) is 0 Å². The predicted molar refractivity (Wildman–Crippen MR) is 72.7 cm³/mol. The average molecular weight is 353 g/mol. The van der Waals surface area contributed by atoms with Crippen molar-refractivity contribution in [1.29, 1.82) is 5.26 Å². The fourth-order valence-corrected chi connectivity index (χ4v) is 2.12. The van der Waals surface area contributed by atoms with E-state index in [1.165, 1.54) is 0 Å². The summed E-state index contributed by atoms with van der Waals surface area (Å²) in [5.74, 6) is -1.05. The number of hydrogen-bond acceptors (Lipinski definition) is 3. The molecule has 18 heavy (non-hydrogen) atoms. The molecule has 90 valence electrons. The quantitative estimate of drug-likeness (QED) is 0.841. The first-order chi connectivity index (χ1) is 8.54. The number of aromatic nitrogens is 2. The third-order valence-electron chi connectivity index (χ3n) is 2.49. The summed E-state index contributed by atoms with van der Waals surface area (Å²) in [6, 6.07) is 8.84. The standard InChI is InChI=1S/C12H8IN3O2/c1-7-10(13)11(12(17)18)15-16(7)9-4-2-8(6-14)3-5-9/h2-5H,1H3,(H,17,18). The van der Waals surface area contributed by atoms with Gasteiger partial charge in [-0.2, -0.15) is 10.4 Å². The number of carboxylic acids is 1. The summed E-state index contributed by atoms with van der Waals surface area (Å²) in [6.07, 6.45) is 0. The van der Waals surface area contributed by atoms with E-state index in [9.17, 15) is 4.79 Å². The largest absolute Gasteiger partial charge is 0.476 e. The van der Waals surface area contributed by atoms with Crippen LogP contribution in [0.3, 0.4) is 0 Å². The first-order valence-corrected chi connectivity index (χ1v) is 6.11. The maximum atomic E-state index is 11.0. The highest BCUT2D eigenvalue weighted by Gasteiger charge is 2.18. The molecule has 0 amide bonds. The molecular weight excluding hydrogens is 345 g/mol. The van der Waals surface area contributed by atoms with Crippen LogP contribution >= 0.6 is 22.6 Å². The lowest BCUT2D eigenvalue weighted by atomic mass is 10.2. The minimum Gasteiger partial charge on any atom is -0.476 e. The van der Waals surface area contributed by atoms with Gasteiger partial charge < -0.3 is 5.11 Å². The fourth-order valence-electron chi connectivity index (χ4n) is 1.55. The highest BCUT2D eigenvalue weighted by atomic mass is 127. The second-order valence-electron chi connectivity index (χ2n) is 3.62. The van der Waals surface area contributed by atoms with Crippen LogP contribution < -0.4 is 0 Å². The molecule has 0 saturated heterocycles. The summed E-state index contributed by atoms with van der Waals surface area (Å²) < 4.78 is 2.18. The number of hydrogen-bond donors (Lipinski definition) is 1. The van der Waals surface area contributed by atoms with Crippen LogP contribution in [0, 0.1) is 21.8 Å². The van der Waals surface area contributed by atoms with Gasteiger partial charge in [0.2, 0.25) is 0 Å². The number of aromatic carboxylic acids is 1. The molecule has 1 heterocycles. The van der Waals surface area contributed by atoms with E-state index in [0.717, 1.165) is 11.4 Å². The van der Waals surface area contributed by atoms with Crippen LogP contribution in [0.25, 0.3) is 5.69 Å². The third-order valence-corrected chi connectivity index (χ3v) is 3.78. The van der Waals surface area contributed by atoms with Gasteiger partial charge in [0, 0.05) is 0 Å². The molecule has 0 atom stereocenters. The Balaban J connectivity index is 2.54. The van der Waals surface area contributed by atoms with Crippen molar-refractivity contribution >= 4 is 28.6 Å². The van der Waals surface area contributed by atoms with Crippen LogP contribution in [0.15, 0.2) is 24.3 Å². The molecular formula is C12H8IN3O2. The van der Waals surface area contributed by atoms with Crippen LogP contribution in [0.1, 0.15) is 21.7 Å². The molecule has 0 saturated carbocycles. The van der Waals surface area contributed by atoms with Crippen molar-refractivity contribution in [2.75, 3.05) is 0 Å². The normalized spacial score (nSPS) is 10.1. The first kappa shape index (κ1) is 12.6. The lowest BCUT2D eigenvalue weighted by Crippen LogP contribution is -2.02. The zero-order valence-electron chi connectivity index (χ0n) is 9.38. The van der Waals surface area contributed by atoms with Crippen LogP contribution in [0.5, 0.6) is 0 Å². The molecule has 1 N–H and O–H groups in total. The Hall–Kier alpha value is -1.88. The number of carbonyl (C=O) groups is 1. The third kappa shape index (κ3) is 2.09. The summed E-state index contributed by atoms with van der Waals surface area (Å²) in [7, 11) is 0. The predicted octanol–water partition coefficient (Wildman–Crippen LogP) is 2.36. The highest BCUT2D eigenvalue weighted by Crippen LogP contribution is 2.20. The molecule has 0 radical (unpaired) electrons. The zero-order valence-corrected chi connectivity index (χ0v) is 11.5. The van der Waals surface area contributed by atoms with E-state index in [2.05, 4.69) is 5.10 Å². The maximum Gasteiger partial charge on any atom is 0.357 e. The topological polar surface area (TPSA) is 78.9 Å². The Morgan fingerprint density at radius 2 is 2.06 bits per heavy atom. The Morgan fingerprint density at radius 1 is 1.44 bits per heavy atom.